The second-order valence-corrected chi connectivity index (χ2v) is 3.69. The van der Waals surface area contributed by atoms with Crippen LogP contribution in [0.3, 0.4) is 0 Å². The summed E-state index contributed by atoms with van der Waals surface area (Å²) in [5.74, 6) is 0.656. The van der Waals surface area contributed by atoms with Gasteiger partial charge in [0.2, 0.25) is 0 Å². The minimum absolute atomic E-state index is 0.101. The molecule has 1 rings (SSSR count). The molecular weight excluding hydrogens is 206 g/mol. The van der Waals surface area contributed by atoms with Crippen molar-refractivity contribution in [3.63, 3.8) is 0 Å². The van der Waals surface area contributed by atoms with Crippen LogP contribution in [-0.4, -0.2) is 32.2 Å². The van der Waals surface area contributed by atoms with Gasteiger partial charge in [-0.1, -0.05) is 11.8 Å². The van der Waals surface area contributed by atoms with Crippen molar-refractivity contribution in [2.45, 2.75) is 11.6 Å². The van der Waals surface area contributed by atoms with E-state index in [1.807, 2.05) is 0 Å². The molecule has 7 heteroatoms. The van der Waals surface area contributed by atoms with Crippen LogP contribution < -0.4 is 11.1 Å². The van der Waals surface area contributed by atoms with Crippen LogP contribution in [0.25, 0.3) is 0 Å². The fraction of sp³-hybridized carbons (Fsp3) is 0.571. The number of nitrogens with zero attached hydrogens (tertiary/aromatic N) is 2. The molecule has 0 unspecified atom stereocenters. The number of H-pyrrole nitrogens is 1. The number of aryl methyl sites for hydroxylation is 1. The first-order chi connectivity index (χ1) is 6.65. The zero-order valence-corrected chi connectivity index (χ0v) is 8.50. The highest BCUT2D eigenvalue weighted by molar-refractivity contribution is 7.99. The quantitative estimate of drug-likeness (QED) is 0.381. The number of nitrogens with one attached hydrogen (secondary N) is 1. The van der Waals surface area contributed by atoms with E-state index in [1.54, 1.807) is 7.05 Å². The number of rotatable bonds is 4. The Morgan fingerprint density at radius 1 is 1.57 bits per heavy atom. The molecule has 0 atom stereocenters. The van der Waals surface area contributed by atoms with E-state index in [2.05, 4.69) is 10.1 Å². The van der Waals surface area contributed by atoms with Crippen LogP contribution in [0.4, 0.5) is 0 Å². The summed E-state index contributed by atoms with van der Waals surface area (Å²) in [6, 6.07) is 0. The largest absolute Gasteiger partial charge is 0.396 e. The van der Waals surface area contributed by atoms with E-state index in [0.29, 0.717) is 17.3 Å². The third-order valence-corrected chi connectivity index (χ3v) is 2.60. The smallest absolute Gasteiger partial charge is 0.339 e. The van der Waals surface area contributed by atoms with E-state index < -0.39 is 11.1 Å². The molecule has 2 N–H and O–H groups in total. The van der Waals surface area contributed by atoms with Gasteiger partial charge in [0.25, 0.3) is 0 Å². The highest BCUT2D eigenvalue weighted by Crippen LogP contribution is 2.11. The normalized spacial score (nSPS) is 10.4. The van der Waals surface area contributed by atoms with Crippen molar-refractivity contribution >= 4 is 11.8 Å². The van der Waals surface area contributed by atoms with Gasteiger partial charge in [0.15, 0.2) is 5.16 Å². The van der Waals surface area contributed by atoms with Crippen molar-refractivity contribution < 1.29 is 5.11 Å². The molecule has 0 aromatic carbocycles. The summed E-state index contributed by atoms with van der Waals surface area (Å²) in [6.07, 6.45) is 0.625. The van der Waals surface area contributed by atoms with Crippen molar-refractivity contribution in [3.05, 3.63) is 20.7 Å². The Balaban J connectivity index is 2.82. The third-order valence-electron chi connectivity index (χ3n) is 1.48. The molecule has 0 aliphatic carbocycles. The van der Waals surface area contributed by atoms with Crippen LogP contribution in [-0.2, 0) is 7.05 Å². The van der Waals surface area contributed by atoms with Crippen LogP contribution in [0.15, 0.2) is 14.7 Å². The average Bonchev–Trinajstić information content (AvgIpc) is 2.14. The summed E-state index contributed by atoms with van der Waals surface area (Å²) >= 11 is 1.32. The molecular formula is C7H11N3O3S. The molecule has 0 aliphatic rings. The molecule has 0 saturated carbocycles. The predicted octanol–water partition coefficient (Wildman–Crippen LogP) is -1.06. The van der Waals surface area contributed by atoms with Gasteiger partial charge in [0.1, 0.15) is 0 Å². The zero-order valence-electron chi connectivity index (χ0n) is 7.69. The number of aromatic amines is 1. The average molecular weight is 217 g/mol. The summed E-state index contributed by atoms with van der Waals surface area (Å²) < 4.78 is 1.39. The Labute approximate surface area is 84.0 Å². The lowest BCUT2D eigenvalue weighted by atomic mass is 10.5. The van der Waals surface area contributed by atoms with Gasteiger partial charge in [-0.3, -0.25) is 19.4 Å². The van der Waals surface area contributed by atoms with E-state index in [1.165, 1.54) is 16.4 Å². The number of aromatic nitrogens is 3. The van der Waals surface area contributed by atoms with Crippen molar-refractivity contribution in [3.8, 4) is 0 Å². The first-order valence-corrected chi connectivity index (χ1v) is 5.04. The van der Waals surface area contributed by atoms with Gasteiger partial charge < -0.3 is 5.11 Å². The predicted molar refractivity (Wildman–Crippen MR) is 52.5 cm³/mol. The molecule has 6 nitrogen and oxygen atoms in total. The van der Waals surface area contributed by atoms with Gasteiger partial charge in [-0.05, 0) is 6.42 Å². The van der Waals surface area contributed by atoms with Crippen molar-refractivity contribution in [2.75, 3.05) is 12.4 Å². The van der Waals surface area contributed by atoms with Crippen LogP contribution in [0.1, 0.15) is 6.42 Å². The summed E-state index contributed by atoms with van der Waals surface area (Å²) in [6.45, 7) is 0.101. The maximum absolute atomic E-state index is 10.9. The molecule has 14 heavy (non-hydrogen) atoms. The molecule has 1 heterocycles. The van der Waals surface area contributed by atoms with Crippen molar-refractivity contribution in [1.29, 1.82) is 0 Å². The summed E-state index contributed by atoms with van der Waals surface area (Å²) in [7, 11) is 1.61. The topological polar surface area (TPSA) is 88.0 Å². The number of thioether (sulfide) groups is 1. The molecule has 0 amide bonds. The van der Waals surface area contributed by atoms with E-state index in [4.69, 9.17) is 5.11 Å². The van der Waals surface area contributed by atoms with E-state index in [9.17, 15) is 9.59 Å². The van der Waals surface area contributed by atoms with Crippen LogP contribution in [0.2, 0.25) is 0 Å². The Hall–Kier alpha value is -1.08. The van der Waals surface area contributed by atoms with E-state index in [-0.39, 0.29) is 6.61 Å². The Bertz CT molecular complexity index is 411. The van der Waals surface area contributed by atoms with Gasteiger partial charge in [-0.25, -0.2) is 0 Å². The molecule has 0 spiro atoms. The number of hydrogen-bond acceptors (Lipinski definition) is 5. The monoisotopic (exact) mass is 217 g/mol. The Morgan fingerprint density at radius 3 is 2.93 bits per heavy atom. The number of hydrogen-bond donors (Lipinski definition) is 2. The summed E-state index contributed by atoms with van der Waals surface area (Å²) in [4.78, 5) is 25.3. The van der Waals surface area contributed by atoms with E-state index in [0.717, 1.165) is 0 Å². The number of aliphatic hydroxyl groups is 1. The van der Waals surface area contributed by atoms with Gasteiger partial charge >= 0.3 is 11.1 Å². The second kappa shape index (κ2) is 4.97. The lowest BCUT2D eigenvalue weighted by molar-refractivity contribution is 0.296. The van der Waals surface area contributed by atoms with Gasteiger partial charge in [0, 0.05) is 19.4 Å². The third kappa shape index (κ3) is 2.71. The van der Waals surface area contributed by atoms with Crippen LogP contribution in [0.5, 0.6) is 0 Å². The summed E-state index contributed by atoms with van der Waals surface area (Å²) in [5, 5.41) is 11.3. The standard InChI is InChI=1S/C7H11N3O3S/c1-10-7(14-4-2-3-11)8-5(12)6(13)9-10/h11H,2-4H2,1H3,(H,9,13). The minimum Gasteiger partial charge on any atom is -0.396 e. The fourth-order valence-corrected chi connectivity index (χ4v) is 1.66. The zero-order chi connectivity index (χ0) is 10.6. The highest BCUT2D eigenvalue weighted by Gasteiger charge is 2.03. The maximum atomic E-state index is 10.9. The van der Waals surface area contributed by atoms with Crippen molar-refractivity contribution in [2.24, 2.45) is 7.05 Å². The van der Waals surface area contributed by atoms with Crippen LogP contribution >= 0.6 is 11.8 Å². The van der Waals surface area contributed by atoms with Gasteiger partial charge in [-0.15, -0.1) is 0 Å². The first-order valence-electron chi connectivity index (χ1n) is 4.06. The van der Waals surface area contributed by atoms with Gasteiger partial charge in [-0.2, -0.15) is 4.98 Å². The van der Waals surface area contributed by atoms with E-state index >= 15 is 0 Å². The second-order valence-electron chi connectivity index (χ2n) is 2.63. The SMILES string of the molecule is Cn1[nH]c(=O)c(=O)nc1SCCCO. The summed E-state index contributed by atoms with van der Waals surface area (Å²) in [5.41, 5.74) is -1.51. The molecule has 0 radical (unpaired) electrons. The molecule has 0 bridgehead atoms. The molecule has 0 aliphatic heterocycles. The minimum atomic E-state index is -0.783. The maximum Gasteiger partial charge on any atom is 0.339 e. The molecule has 78 valence electrons. The Kier molecular flexibility index (Phi) is 3.90. The van der Waals surface area contributed by atoms with Crippen molar-refractivity contribution in [1.82, 2.24) is 14.8 Å². The highest BCUT2D eigenvalue weighted by atomic mass is 32.2. The lowest BCUT2D eigenvalue weighted by Crippen LogP contribution is -2.33. The molecule has 0 saturated heterocycles. The first kappa shape index (κ1) is 11.0. The number of aliphatic hydroxyl groups excluding tert-OH is 1. The molecule has 1 aromatic rings. The lowest BCUT2D eigenvalue weighted by Gasteiger charge is -2.04. The fourth-order valence-electron chi connectivity index (χ4n) is 0.818. The Morgan fingerprint density at radius 2 is 2.29 bits per heavy atom. The molecule has 0 fully saturated rings. The van der Waals surface area contributed by atoms with Gasteiger partial charge in [0.05, 0.1) is 0 Å². The van der Waals surface area contributed by atoms with Crippen LogP contribution in [0, 0.1) is 0 Å². The molecule has 1 aromatic heterocycles.